The number of halogens is 1. The normalized spacial score (nSPS) is 21.8. The van der Waals surface area contributed by atoms with Gasteiger partial charge in [-0.1, -0.05) is 24.9 Å². The van der Waals surface area contributed by atoms with Crippen LogP contribution in [0.3, 0.4) is 0 Å². The summed E-state index contributed by atoms with van der Waals surface area (Å²) >= 11 is 6.06. The minimum absolute atomic E-state index is 0.0881. The molecule has 1 aromatic carbocycles. The fraction of sp³-hybridized carbons (Fsp3) is 0.542. The molecule has 3 rings (SSSR count). The Morgan fingerprint density at radius 1 is 1.32 bits per heavy atom. The van der Waals surface area contributed by atoms with E-state index in [1.807, 2.05) is 6.07 Å². The molecule has 0 aromatic heterocycles. The highest BCUT2D eigenvalue weighted by atomic mass is 35.5. The van der Waals surface area contributed by atoms with Gasteiger partial charge in [0.2, 0.25) is 0 Å². The van der Waals surface area contributed by atoms with Crippen LogP contribution in [0.15, 0.2) is 18.2 Å². The quantitative estimate of drug-likeness (QED) is 0.442. The van der Waals surface area contributed by atoms with Crippen LogP contribution in [-0.2, 0) is 19.1 Å². The second-order valence-electron chi connectivity index (χ2n) is 8.80. The van der Waals surface area contributed by atoms with E-state index in [0.29, 0.717) is 29.5 Å². The van der Waals surface area contributed by atoms with Gasteiger partial charge in [0, 0.05) is 17.3 Å². The van der Waals surface area contributed by atoms with Crippen molar-refractivity contribution in [2.75, 3.05) is 24.6 Å². The molecule has 182 valence electrons. The molecule has 1 aliphatic carbocycles. The van der Waals surface area contributed by atoms with Crippen molar-refractivity contribution >= 4 is 41.1 Å². The molecule has 1 aromatic rings. The zero-order chi connectivity index (χ0) is 24.9. The number of nitrogens with one attached hydrogen (secondary N) is 1. The number of amides is 4. The summed E-state index contributed by atoms with van der Waals surface area (Å²) in [4.78, 5) is 52.7. The zero-order valence-electron chi connectivity index (χ0n) is 19.4. The molecule has 10 heteroatoms. The molecule has 0 bridgehead atoms. The van der Waals surface area contributed by atoms with Gasteiger partial charge in [-0.2, -0.15) is 5.26 Å². The number of aryl methyl sites for hydroxylation is 1. The van der Waals surface area contributed by atoms with E-state index in [2.05, 4.69) is 12.2 Å². The number of esters is 1. The number of urea groups is 1. The highest BCUT2D eigenvalue weighted by Crippen LogP contribution is 2.37. The number of hydrogen-bond acceptors (Lipinski definition) is 6. The summed E-state index contributed by atoms with van der Waals surface area (Å²) in [6.45, 7) is 2.87. The van der Waals surface area contributed by atoms with Crippen LogP contribution in [0, 0.1) is 24.2 Å². The van der Waals surface area contributed by atoms with Crippen LogP contribution in [0.4, 0.5) is 10.5 Å². The van der Waals surface area contributed by atoms with Gasteiger partial charge in [0.05, 0.1) is 12.5 Å². The average molecular weight is 489 g/mol. The summed E-state index contributed by atoms with van der Waals surface area (Å²) in [5.41, 5.74) is 0.336. The summed E-state index contributed by atoms with van der Waals surface area (Å²) in [6.07, 6.45) is 3.91. The number of rotatable bonds is 8. The third-order valence-electron chi connectivity index (χ3n) is 6.63. The minimum Gasteiger partial charge on any atom is -0.454 e. The lowest BCUT2D eigenvalue weighted by Crippen LogP contribution is -2.49. The predicted molar refractivity (Wildman–Crippen MR) is 125 cm³/mol. The van der Waals surface area contributed by atoms with E-state index >= 15 is 0 Å². The SMILES string of the molecule is CCC1CCC2(CC1)NC(=O)N(CC(=O)OCC(=O)N(CCC#N)c1ccc(Cl)c(C)c1)C2=O. The van der Waals surface area contributed by atoms with Crippen molar-refractivity contribution in [1.29, 1.82) is 5.26 Å². The number of ether oxygens (including phenoxy) is 1. The van der Waals surface area contributed by atoms with Gasteiger partial charge in [0.1, 0.15) is 12.1 Å². The first-order chi connectivity index (χ1) is 16.2. The molecule has 1 aliphatic heterocycles. The largest absolute Gasteiger partial charge is 0.454 e. The van der Waals surface area contributed by atoms with Gasteiger partial charge in [0.25, 0.3) is 11.8 Å². The van der Waals surface area contributed by atoms with Gasteiger partial charge in [-0.3, -0.25) is 19.3 Å². The number of hydrogen-bond donors (Lipinski definition) is 1. The van der Waals surface area contributed by atoms with Gasteiger partial charge in [-0.25, -0.2) is 4.79 Å². The van der Waals surface area contributed by atoms with Gasteiger partial charge < -0.3 is 15.0 Å². The monoisotopic (exact) mass is 488 g/mol. The summed E-state index contributed by atoms with van der Waals surface area (Å²) in [6, 6.07) is 6.37. The van der Waals surface area contributed by atoms with Crippen LogP contribution in [0.1, 0.15) is 51.0 Å². The van der Waals surface area contributed by atoms with E-state index in [-0.39, 0.29) is 13.0 Å². The Balaban J connectivity index is 1.59. The van der Waals surface area contributed by atoms with Gasteiger partial charge >= 0.3 is 12.0 Å². The van der Waals surface area contributed by atoms with Crippen LogP contribution in [0.5, 0.6) is 0 Å². The molecule has 1 N–H and O–H groups in total. The van der Waals surface area contributed by atoms with Crippen LogP contribution < -0.4 is 10.2 Å². The topological polar surface area (TPSA) is 120 Å². The smallest absolute Gasteiger partial charge is 0.326 e. The molecule has 1 saturated heterocycles. The molecule has 2 aliphatic rings. The maximum Gasteiger partial charge on any atom is 0.326 e. The lowest BCUT2D eigenvalue weighted by atomic mass is 9.75. The fourth-order valence-corrected chi connectivity index (χ4v) is 4.61. The van der Waals surface area contributed by atoms with Crippen molar-refractivity contribution in [2.45, 2.75) is 57.9 Å². The molecular weight excluding hydrogens is 460 g/mol. The van der Waals surface area contributed by atoms with Crippen LogP contribution in [0.25, 0.3) is 0 Å². The first-order valence-corrected chi connectivity index (χ1v) is 11.8. The third kappa shape index (κ3) is 5.50. The molecule has 1 spiro atoms. The predicted octanol–water partition coefficient (Wildman–Crippen LogP) is 3.33. The highest BCUT2D eigenvalue weighted by molar-refractivity contribution is 6.31. The lowest BCUT2D eigenvalue weighted by molar-refractivity contribution is -0.150. The molecule has 1 saturated carbocycles. The molecule has 4 amide bonds. The maximum absolute atomic E-state index is 13.0. The number of imide groups is 1. The summed E-state index contributed by atoms with van der Waals surface area (Å²) < 4.78 is 5.10. The van der Waals surface area contributed by atoms with Crippen LogP contribution in [-0.4, -0.2) is 54.0 Å². The standard InChI is InChI=1S/C24H29ClN4O5/c1-3-17-7-9-24(10-8-17)22(32)29(23(33)27-24)14-21(31)34-15-20(30)28(12-4-11-26)18-5-6-19(25)16(2)13-18/h5-6,13,17H,3-4,7-10,12,14-15H2,1-2H3,(H,27,33). The van der Waals surface area contributed by atoms with Crippen LogP contribution in [0.2, 0.25) is 5.02 Å². The number of nitrogens with zero attached hydrogens (tertiary/aromatic N) is 3. The van der Waals surface area contributed by atoms with Gasteiger partial charge in [0.15, 0.2) is 6.61 Å². The Bertz CT molecular complexity index is 1010. The van der Waals surface area contributed by atoms with Crippen molar-refractivity contribution in [3.05, 3.63) is 28.8 Å². The van der Waals surface area contributed by atoms with Crippen molar-refractivity contribution in [1.82, 2.24) is 10.2 Å². The maximum atomic E-state index is 13.0. The Kier molecular flexibility index (Phi) is 8.15. The minimum atomic E-state index is -0.945. The second kappa shape index (κ2) is 10.9. The van der Waals surface area contributed by atoms with Crippen LogP contribution >= 0.6 is 11.6 Å². The van der Waals surface area contributed by atoms with Crippen molar-refractivity contribution in [3.8, 4) is 6.07 Å². The first kappa shape index (κ1) is 25.5. The lowest BCUT2D eigenvalue weighted by Gasteiger charge is -2.34. The number of carbonyl (C=O) groups is 4. The van der Waals surface area contributed by atoms with E-state index in [0.717, 1.165) is 29.7 Å². The third-order valence-corrected chi connectivity index (χ3v) is 7.05. The number of anilines is 1. The van der Waals surface area contributed by atoms with Crippen molar-refractivity contribution in [3.63, 3.8) is 0 Å². The summed E-state index contributed by atoms with van der Waals surface area (Å²) in [5.74, 6) is -1.27. The molecule has 34 heavy (non-hydrogen) atoms. The highest BCUT2D eigenvalue weighted by Gasteiger charge is 2.52. The van der Waals surface area contributed by atoms with Crippen molar-refractivity contribution in [2.24, 2.45) is 5.92 Å². The molecule has 0 unspecified atom stereocenters. The summed E-state index contributed by atoms with van der Waals surface area (Å²) in [5, 5.41) is 12.2. The molecule has 0 radical (unpaired) electrons. The number of benzene rings is 1. The van der Waals surface area contributed by atoms with E-state index in [9.17, 15) is 19.2 Å². The Morgan fingerprint density at radius 2 is 2.03 bits per heavy atom. The summed E-state index contributed by atoms with van der Waals surface area (Å²) in [7, 11) is 0. The first-order valence-electron chi connectivity index (χ1n) is 11.4. The van der Waals surface area contributed by atoms with E-state index in [1.54, 1.807) is 25.1 Å². The van der Waals surface area contributed by atoms with Crippen molar-refractivity contribution < 1.29 is 23.9 Å². The number of nitriles is 1. The molecular formula is C24H29ClN4O5. The molecule has 9 nitrogen and oxygen atoms in total. The Hall–Kier alpha value is -3.12. The molecule has 2 fully saturated rings. The van der Waals surface area contributed by atoms with E-state index in [4.69, 9.17) is 21.6 Å². The Morgan fingerprint density at radius 3 is 2.65 bits per heavy atom. The van der Waals surface area contributed by atoms with E-state index in [1.165, 1.54) is 4.90 Å². The molecule has 1 heterocycles. The van der Waals surface area contributed by atoms with Gasteiger partial charge in [-0.15, -0.1) is 0 Å². The molecule has 0 atom stereocenters. The average Bonchev–Trinajstić information content (AvgIpc) is 3.04. The second-order valence-corrected chi connectivity index (χ2v) is 9.21. The fourth-order valence-electron chi connectivity index (χ4n) is 4.49. The van der Waals surface area contributed by atoms with E-state index < -0.39 is 42.5 Å². The number of carbonyl (C=O) groups excluding carboxylic acids is 4. The zero-order valence-corrected chi connectivity index (χ0v) is 20.2. The Labute approximate surface area is 204 Å². The van der Waals surface area contributed by atoms with Gasteiger partial charge in [-0.05, 0) is 62.3 Å².